The molecule has 0 aliphatic heterocycles. The quantitative estimate of drug-likeness (QED) is 0.288. The zero-order chi connectivity index (χ0) is 25.5. The Kier molecular flexibility index (Phi) is 7.59. The van der Waals surface area contributed by atoms with Crippen LogP contribution in [0, 0.1) is 6.92 Å². The van der Waals surface area contributed by atoms with Crippen LogP contribution in [0.4, 0.5) is 0 Å². The highest BCUT2D eigenvalue weighted by molar-refractivity contribution is 5.78. The van der Waals surface area contributed by atoms with Crippen molar-refractivity contribution in [2.24, 2.45) is 0 Å². The topological polar surface area (TPSA) is 91.0 Å². The molecule has 0 bridgehead atoms. The minimum absolute atomic E-state index is 0.139. The van der Waals surface area contributed by atoms with Crippen LogP contribution in [0.1, 0.15) is 23.9 Å². The van der Waals surface area contributed by atoms with Crippen molar-refractivity contribution in [1.29, 1.82) is 0 Å². The number of aryl methyl sites for hydroxylation is 1. The summed E-state index contributed by atoms with van der Waals surface area (Å²) in [7, 11) is 1.57. The molecule has 0 aliphatic carbocycles. The lowest BCUT2D eigenvalue weighted by atomic mass is 9.96. The smallest absolute Gasteiger partial charge is 0.348 e. The van der Waals surface area contributed by atoms with E-state index in [4.69, 9.17) is 18.6 Å². The molecular weight excluding hydrogens is 458 g/mol. The van der Waals surface area contributed by atoms with Crippen LogP contribution in [0.15, 0.2) is 83.3 Å². The predicted molar refractivity (Wildman–Crippen MR) is 136 cm³/mol. The minimum Gasteiger partial charge on any atom is -0.493 e. The zero-order valence-corrected chi connectivity index (χ0v) is 20.6. The molecule has 186 valence electrons. The van der Waals surface area contributed by atoms with Crippen LogP contribution in [-0.2, 0) is 17.6 Å². The van der Waals surface area contributed by atoms with Crippen molar-refractivity contribution in [3.8, 4) is 28.7 Å². The Hall–Kier alpha value is -4.26. The first kappa shape index (κ1) is 24.9. The van der Waals surface area contributed by atoms with Gasteiger partial charge in [0.15, 0.2) is 11.5 Å². The standard InChI is InChI=1S/C29H29NO6/c1-20-24(30-27(35-20)22-10-6-4-7-11-22)16-17-34-26-18-21(14-15-25(26)33-3)19-29(2,28(31)32)36-23-12-8-5-9-13-23/h4-15,18H,16-17,19H2,1-3H3,(H,31,32). The maximum atomic E-state index is 12.1. The van der Waals surface area contributed by atoms with E-state index in [0.717, 1.165) is 22.6 Å². The first-order valence-electron chi connectivity index (χ1n) is 11.7. The molecule has 1 atom stereocenters. The van der Waals surface area contributed by atoms with E-state index < -0.39 is 11.6 Å². The summed E-state index contributed by atoms with van der Waals surface area (Å²) in [6, 6.07) is 24.0. The van der Waals surface area contributed by atoms with Gasteiger partial charge >= 0.3 is 5.97 Å². The Morgan fingerprint density at radius 3 is 2.36 bits per heavy atom. The molecule has 3 aromatic carbocycles. The number of carboxylic acid groups (broad SMARTS) is 1. The Balaban J connectivity index is 1.46. The minimum atomic E-state index is -1.46. The van der Waals surface area contributed by atoms with Crippen LogP contribution in [0.25, 0.3) is 11.5 Å². The van der Waals surface area contributed by atoms with Crippen molar-refractivity contribution in [2.75, 3.05) is 13.7 Å². The molecule has 1 unspecified atom stereocenters. The molecule has 0 amide bonds. The lowest BCUT2D eigenvalue weighted by Crippen LogP contribution is -2.43. The number of hydrogen-bond acceptors (Lipinski definition) is 6. The third-order valence-electron chi connectivity index (χ3n) is 5.82. The molecule has 4 rings (SSSR count). The van der Waals surface area contributed by atoms with Crippen molar-refractivity contribution in [2.45, 2.75) is 32.3 Å². The molecule has 0 fully saturated rings. The highest BCUT2D eigenvalue weighted by Gasteiger charge is 2.36. The van der Waals surface area contributed by atoms with Gasteiger partial charge in [0.2, 0.25) is 11.5 Å². The molecule has 7 heteroatoms. The van der Waals surface area contributed by atoms with Crippen molar-refractivity contribution in [3.05, 3.63) is 95.9 Å². The van der Waals surface area contributed by atoms with Crippen molar-refractivity contribution in [3.63, 3.8) is 0 Å². The number of rotatable bonds is 11. The van der Waals surface area contributed by atoms with E-state index >= 15 is 0 Å². The summed E-state index contributed by atoms with van der Waals surface area (Å²) in [6.07, 6.45) is 0.680. The first-order valence-corrected chi connectivity index (χ1v) is 11.7. The number of ether oxygens (including phenoxy) is 3. The highest BCUT2D eigenvalue weighted by atomic mass is 16.5. The van der Waals surface area contributed by atoms with Gasteiger partial charge in [0.05, 0.1) is 19.4 Å². The molecule has 0 saturated carbocycles. The maximum Gasteiger partial charge on any atom is 0.348 e. The number of hydrogen-bond donors (Lipinski definition) is 1. The van der Waals surface area contributed by atoms with Gasteiger partial charge in [0, 0.05) is 18.4 Å². The number of oxazole rings is 1. The molecule has 36 heavy (non-hydrogen) atoms. The van der Waals surface area contributed by atoms with E-state index in [1.807, 2.05) is 49.4 Å². The lowest BCUT2D eigenvalue weighted by Gasteiger charge is -2.27. The van der Waals surface area contributed by atoms with Crippen LogP contribution in [0.3, 0.4) is 0 Å². The molecule has 0 radical (unpaired) electrons. The molecule has 1 heterocycles. The molecular formula is C29H29NO6. The second-order valence-corrected chi connectivity index (χ2v) is 8.60. The molecule has 0 spiro atoms. The van der Waals surface area contributed by atoms with E-state index in [9.17, 15) is 9.90 Å². The second-order valence-electron chi connectivity index (χ2n) is 8.60. The summed E-state index contributed by atoms with van der Waals surface area (Å²) in [5.41, 5.74) is 1.02. The number of aromatic nitrogens is 1. The van der Waals surface area contributed by atoms with Crippen molar-refractivity contribution >= 4 is 5.97 Å². The van der Waals surface area contributed by atoms with Crippen LogP contribution in [0.5, 0.6) is 17.2 Å². The van der Waals surface area contributed by atoms with Gasteiger partial charge in [-0.25, -0.2) is 9.78 Å². The van der Waals surface area contributed by atoms with E-state index in [1.54, 1.807) is 50.4 Å². The fourth-order valence-electron chi connectivity index (χ4n) is 3.86. The highest BCUT2D eigenvalue weighted by Crippen LogP contribution is 2.31. The van der Waals surface area contributed by atoms with Gasteiger partial charge < -0.3 is 23.7 Å². The molecule has 0 aliphatic rings. The predicted octanol–water partition coefficient (Wildman–Crippen LogP) is 5.74. The van der Waals surface area contributed by atoms with E-state index in [-0.39, 0.29) is 6.42 Å². The Morgan fingerprint density at radius 1 is 1.00 bits per heavy atom. The van der Waals surface area contributed by atoms with Crippen molar-refractivity contribution < 1.29 is 28.5 Å². The summed E-state index contributed by atoms with van der Waals surface area (Å²) in [5, 5.41) is 9.91. The monoisotopic (exact) mass is 487 g/mol. The fraction of sp³-hybridized carbons (Fsp3) is 0.241. The van der Waals surface area contributed by atoms with Crippen LogP contribution in [0.2, 0.25) is 0 Å². The summed E-state index contributed by atoms with van der Waals surface area (Å²) < 4.78 is 23.2. The number of benzene rings is 3. The number of carboxylic acids is 1. The van der Waals surface area contributed by atoms with Gasteiger partial charge in [-0.3, -0.25) is 0 Å². The van der Waals surface area contributed by atoms with Crippen LogP contribution < -0.4 is 14.2 Å². The van der Waals surface area contributed by atoms with Gasteiger partial charge in [0.25, 0.3) is 0 Å². The number of aliphatic carboxylic acids is 1. The van der Waals surface area contributed by atoms with Gasteiger partial charge in [-0.1, -0.05) is 42.5 Å². The Morgan fingerprint density at radius 2 is 1.69 bits per heavy atom. The average Bonchev–Trinajstić information content (AvgIpc) is 3.25. The van der Waals surface area contributed by atoms with Crippen LogP contribution in [-0.4, -0.2) is 35.4 Å². The normalized spacial score (nSPS) is 12.5. The third kappa shape index (κ3) is 5.86. The van der Waals surface area contributed by atoms with Gasteiger partial charge in [-0.05, 0) is 55.8 Å². The van der Waals surface area contributed by atoms with Crippen LogP contribution >= 0.6 is 0 Å². The summed E-state index contributed by atoms with van der Waals surface area (Å²) in [5.74, 6) is 1.83. The zero-order valence-electron chi connectivity index (χ0n) is 20.6. The molecule has 1 N–H and O–H groups in total. The van der Waals surface area contributed by atoms with E-state index in [2.05, 4.69) is 4.98 Å². The van der Waals surface area contributed by atoms with Gasteiger partial charge in [-0.15, -0.1) is 0 Å². The second kappa shape index (κ2) is 11.0. The number of para-hydroxylation sites is 1. The Labute approximate surface area is 210 Å². The third-order valence-corrected chi connectivity index (χ3v) is 5.82. The van der Waals surface area contributed by atoms with Gasteiger partial charge in [-0.2, -0.15) is 0 Å². The molecule has 4 aromatic rings. The fourth-order valence-corrected chi connectivity index (χ4v) is 3.86. The lowest BCUT2D eigenvalue weighted by molar-refractivity contribution is -0.153. The Bertz CT molecular complexity index is 1300. The molecule has 1 aromatic heterocycles. The number of methoxy groups -OCH3 is 1. The summed E-state index contributed by atoms with van der Waals surface area (Å²) >= 11 is 0. The summed E-state index contributed by atoms with van der Waals surface area (Å²) in [4.78, 5) is 16.7. The number of carbonyl (C=O) groups is 1. The largest absolute Gasteiger partial charge is 0.493 e. The molecule has 0 saturated heterocycles. The summed E-state index contributed by atoms with van der Waals surface area (Å²) in [6.45, 7) is 3.79. The maximum absolute atomic E-state index is 12.1. The van der Waals surface area contributed by atoms with E-state index in [1.165, 1.54) is 0 Å². The van der Waals surface area contributed by atoms with Gasteiger partial charge in [0.1, 0.15) is 11.5 Å². The first-order chi connectivity index (χ1) is 17.4. The van der Waals surface area contributed by atoms with Crippen molar-refractivity contribution in [1.82, 2.24) is 4.98 Å². The number of nitrogens with zero attached hydrogens (tertiary/aromatic N) is 1. The van der Waals surface area contributed by atoms with E-state index in [0.29, 0.717) is 36.2 Å². The average molecular weight is 488 g/mol. The SMILES string of the molecule is COc1ccc(CC(C)(Oc2ccccc2)C(=O)O)cc1OCCc1nc(-c2ccccc2)oc1C. The molecule has 7 nitrogen and oxygen atoms in total.